The summed E-state index contributed by atoms with van der Waals surface area (Å²) < 4.78 is 5.37. The Hall–Kier alpha value is -1.29. The minimum atomic E-state index is 0. The van der Waals surface area contributed by atoms with Gasteiger partial charge in [0.2, 0.25) is 11.7 Å². The molecule has 0 aliphatic carbocycles. The molecule has 2 heterocycles. The third kappa shape index (κ3) is 4.85. The minimum Gasteiger partial charge on any atom is -0.370 e. The number of hydrogen-bond acceptors (Lipinski definition) is 5. The molecule has 0 bridgehead atoms. The van der Waals surface area contributed by atoms with Crippen LogP contribution >= 0.6 is 35.7 Å². The van der Waals surface area contributed by atoms with Crippen molar-refractivity contribution in [1.82, 2.24) is 15.0 Å². The lowest BCUT2D eigenvalue weighted by Gasteiger charge is -2.27. The molecule has 3 rings (SSSR count). The summed E-state index contributed by atoms with van der Waals surface area (Å²) in [5.41, 5.74) is 7.02. The standard InChI is InChI=1S/C16H21N5OS.HI/c1-12(11-18-16(17)21-7-9-23-10-8-21)15-19-14(20-22-15)13-5-3-2-4-6-13;/h2-6,12H,7-11H2,1H3,(H2,17,18);1H. The van der Waals surface area contributed by atoms with Crippen LogP contribution in [-0.4, -0.2) is 52.1 Å². The zero-order chi connectivity index (χ0) is 16.1. The average molecular weight is 459 g/mol. The summed E-state index contributed by atoms with van der Waals surface area (Å²) in [6.45, 7) is 4.50. The maximum Gasteiger partial charge on any atom is 0.231 e. The molecule has 1 aliphatic rings. The number of aromatic nitrogens is 2. The Bertz CT molecular complexity index is 657. The molecule has 1 aromatic heterocycles. The lowest BCUT2D eigenvalue weighted by atomic mass is 10.2. The second-order valence-corrected chi connectivity index (χ2v) is 6.75. The van der Waals surface area contributed by atoms with Crippen LogP contribution < -0.4 is 5.73 Å². The highest BCUT2D eigenvalue weighted by atomic mass is 127. The van der Waals surface area contributed by atoms with Crippen LogP contribution in [0.1, 0.15) is 18.7 Å². The molecule has 1 unspecified atom stereocenters. The normalized spacial score (nSPS) is 16.5. The molecule has 6 nitrogen and oxygen atoms in total. The molecule has 8 heteroatoms. The van der Waals surface area contributed by atoms with E-state index in [0.717, 1.165) is 30.2 Å². The van der Waals surface area contributed by atoms with Crippen molar-refractivity contribution < 1.29 is 4.52 Å². The third-order valence-corrected chi connectivity index (χ3v) is 4.70. The first-order chi connectivity index (χ1) is 11.2. The SMILES string of the molecule is CC(CN=C(N)N1CCSCC1)c1nc(-c2ccccc2)no1.I. The minimum absolute atomic E-state index is 0. The highest BCUT2D eigenvalue weighted by molar-refractivity contribution is 14.0. The predicted molar refractivity (Wildman–Crippen MR) is 109 cm³/mol. The van der Waals surface area contributed by atoms with Crippen molar-refractivity contribution in [2.45, 2.75) is 12.8 Å². The predicted octanol–water partition coefficient (Wildman–Crippen LogP) is 2.82. The van der Waals surface area contributed by atoms with E-state index in [1.165, 1.54) is 0 Å². The summed E-state index contributed by atoms with van der Waals surface area (Å²) in [6.07, 6.45) is 0. The molecule has 1 saturated heterocycles. The summed E-state index contributed by atoms with van der Waals surface area (Å²) in [5, 5.41) is 4.05. The van der Waals surface area contributed by atoms with E-state index in [0.29, 0.717) is 24.2 Å². The third-order valence-electron chi connectivity index (χ3n) is 3.76. The van der Waals surface area contributed by atoms with Crippen LogP contribution in [0.3, 0.4) is 0 Å². The molecule has 2 aromatic rings. The van der Waals surface area contributed by atoms with Gasteiger partial charge in [-0.05, 0) is 0 Å². The number of aliphatic imine (C=N–C) groups is 1. The van der Waals surface area contributed by atoms with Crippen LogP contribution in [0, 0.1) is 0 Å². The molecule has 0 saturated carbocycles. The fourth-order valence-corrected chi connectivity index (χ4v) is 3.24. The van der Waals surface area contributed by atoms with Gasteiger partial charge in [0.15, 0.2) is 5.96 Å². The van der Waals surface area contributed by atoms with Crippen LogP contribution in [-0.2, 0) is 0 Å². The molecular formula is C16H22IN5OS. The van der Waals surface area contributed by atoms with Crippen LogP contribution in [0.4, 0.5) is 0 Å². The number of thioether (sulfide) groups is 1. The molecule has 0 radical (unpaired) electrons. The number of guanidine groups is 1. The van der Waals surface area contributed by atoms with Crippen molar-refractivity contribution >= 4 is 41.7 Å². The van der Waals surface area contributed by atoms with Crippen LogP contribution in [0.2, 0.25) is 0 Å². The van der Waals surface area contributed by atoms with Gasteiger partial charge < -0.3 is 15.2 Å². The fourth-order valence-electron chi connectivity index (χ4n) is 2.34. The van der Waals surface area contributed by atoms with Crippen LogP contribution in [0.15, 0.2) is 39.8 Å². The molecular weight excluding hydrogens is 437 g/mol. The van der Waals surface area contributed by atoms with Crippen molar-refractivity contribution in [1.29, 1.82) is 0 Å². The second-order valence-electron chi connectivity index (χ2n) is 5.52. The molecule has 1 atom stereocenters. The molecule has 0 amide bonds. The van der Waals surface area contributed by atoms with Gasteiger partial charge in [0, 0.05) is 30.2 Å². The Morgan fingerprint density at radius 3 is 2.75 bits per heavy atom. The van der Waals surface area contributed by atoms with E-state index in [1.807, 2.05) is 49.0 Å². The van der Waals surface area contributed by atoms with Gasteiger partial charge in [-0.1, -0.05) is 42.4 Å². The molecule has 1 aromatic carbocycles. The van der Waals surface area contributed by atoms with E-state index in [9.17, 15) is 0 Å². The summed E-state index contributed by atoms with van der Waals surface area (Å²) in [6, 6.07) is 9.80. The Morgan fingerprint density at radius 2 is 2.04 bits per heavy atom. The quantitative estimate of drug-likeness (QED) is 0.431. The van der Waals surface area contributed by atoms with Gasteiger partial charge in [-0.2, -0.15) is 16.7 Å². The summed E-state index contributed by atoms with van der Waals surface area (Å²) in [4.78, 5) is 11.1. The van der Waals surface area contributed by atoms with Gasteiger partial charge in [0.1, 0.15) is 0 Å². The fraction of sp³-hybridized carbons (Fsp3) is 0.438. The monoisotopic (exact) mass is 459 g/mol. The zero-order valence-electron chi connectivity index (χ0n) is 13.6. The molecule has 2 N–H and O–H groups in total. The van der Waals surface area contributed by atoms with Crippen molar-refractivity contribution in [3.63, 3.8) is 0 Å². The van der Waals surface area contributed by atoms with Gasteiger partial charge >= 0.3 is 0 Å². The Labute approximate surface area is 163 Å². The van der Waals surface area contributed by atoms with E-state index >= 15 is 0 Å². The second kappa shape index (κ2) is 9.26. The smallest absolute Gasteiger partial charge is 0.231 e. The summed E-state index contributed by atoms with van der Waals surface area (Å²) in [7, 11) is 0. The number of nitrogens with two attached hydrogens (primary N) is 1. The number of rotatable bonds is 4. The molecule has 1 aliphatic heterocycles. The topological polar surface area (TPSA) is 80.5 Å². The summed E-state index contributed by atoms with van der Waals surface area (Å²) >= 11 is 1.95. The van der Waals surface area contributed by atoms with E-state index in [2.05, 4.69) is 20.0 Å². The highest BCUT2D eigenvalue weighted by Gasteiger charge is 2.16. The molecule has 0 spiro atoms. The first-order valence-electron chi connectivity index (χ1n) is 7.75. The van der Waals surface area contributed by atoms with Gasteiger partial charge in [0.25, 0.3) is 0 Å². The van der Waals surface area contributed by atoms with Gasteiger partial charge in [-0.15, -0.1) is 24.0 Å². The Morgan fingerprint density at radius 1 is 1.33 bits per heavy atom. The number of nitrogens with zero attached hydrogens (tertiary/aromatic N) is 4. The van der Waals surface area contributed by atoms with Crippen LogP contribution in [0.5, 0.6) is 0 Å². The van der Waals surface area contributed by atoms with Gasteiger partial charge in [0.05, 0.1) is 12.5 Å². The van der Waals surface area contributed by atoms with Gasteiger partial charge in [-0.25, -0.2) is 0 Å². The first kappa shape index (κ1) is 19.0. The number of halogens is 1. The van der Waals surface area contributed by atoms with Crippen LogP contribution in [0.25, 0.3) is 11.4 Å². The van der Waals surface area contributed by atoms with E-state index < -0.39 is 0 Å². The van der Waals surface area contributed by atoms with Gasteiger partial charge in [-0.3, -0.25) is 4.99 Å². The average Bonchev–Trinajstić information content (AvgIpc) is 3.11. The van der Waals surface area contributed by atoms with Crippen molar-refractivity contribution in [2.24, 2.45) is 10.7 Å². The number of benzene rings is 1. The van der Waals surface area contributed by atoms with E-state index in [1.54, 1.807) is 0 Å². The largest absolute Gasteiger partial charge is 0.370 e. The van der Waals surface area contributed by atoms with Crippen molar-refractivity contribution in [3.05, 3.63) is 36.2 Å². The van der Waals surface area contributed by atoms with E-state index in [-0.39, 0.29) is 29.9 Å². The Balaban J connectivity index is 0.00000208. The zero-order valence-corrected chi connectivity index (χ0v) is 16.7. The molecule has 24 heavy (non-hydrogen) atoms. The molecule has 130 valence electrons. The van der Waals surface area contributed by atoms with Crippen molar-refractivity contribution in [3.8, 4) is 11.4 Å². The maximum atomic E-state index is 6.07. The lowest BCUT2D eigenvalue weighted by Crippen LogP contribution is -2.42. The maximum absolute atomic E-state index is 6.07. The highest BCUT2D eigenvalue weighted by Crippen LogP contribution is 2.19. The lowest BCUT2D eigenvalue weighted by molar-refractivity contribution is 0.361. The molecule has 1 fully saturated rings. The van der Waals surface area contributed by atoms with E-state index in [4.69, 9.17) is 10.3 Å². The summed E-state index contributed by atoms with van der Waals surface area (Å²) in [5.74, 6) is 4.07. The van der Waals surface area contributed by atoms with Crippen molar-refractivity contribution in [2.75, 3.05) is 31.1 Å². The number of hydrogen-bond donors (Lipinski definition) is 1. The Kier molecular flexibility index (Phi) is 7.35. The first-order valence-corrected chi connectivity index (χ1v) is 8.91.